The highest BCUT2D eigenvalue weighted by atomic mass is 35.5. The van der Waals surface area contributed by atoms with Crippen molar-refractivity contribution in [3.63, 3.8) is 0 Å². The monoisotopic (exact) mass is 640 g/mol. The lowest BCUT2D eigenvalue weighted by Crippen LogP contribution is -2.17. The van der Waals surface area contributed by atoms with Crippen LogP contribution in [0.2, 0.25) is 20.1 Å². The van der Waals surface area contributed by atoms with Crippen molar-refractivity contribution < 1.29 is 9.53 Å². The summed E-state index contributed by atoms with van der Waals surface area (Å²) < 4.78 is 5.79. The van der Waals surface area contributed by atoms with Gasteiger partial charge in [-0.25, -0.2) is 10.4 Å². The van der Waals surface area contributed by atoms with E-state index in [0.29, 0.717) is 37.0 Å². The Labute approximate surface area is 260 Å². The van der Waals surface area contributed by atoms with Gasteiger partial charge < -0.3 is 10.1 Å². The minimum atomic E-state index is -0.365. The van der Waals surface area contributed by atoms with Gasteiger partial charge in [0.05, 0.1) is 22.0 Å². The van der Waals surface area contributed by atoms with Crippen LogP contribution in [0.1, 0.15) is 21.5 Å². The third-order valence-electron chi connectivity index (χ3n) is 5.74. The van der Waals surface area contributed by atoms with Crippen molar-refractivity contribution in [3.8, 4) is 17.0 Å². The molecule has 1 amide bonds. The Morgan fingerprint density at radius 2 is 1.51 bits per heavy atom. The number of carbonyl (C=O) groups is 1. The first kappa shape index (κ1) is 28.9. The molecule has 206 valence electrons. The van der Waals surface area contributed by atoms with Crippen LogP contribution in [0, 0.1) is 0 Å². The minimum absolute atomic E-state index is 0.281. The number of carbonyl (C=O) groups excluding carboxylic acids is 1. The second kappa shape index (κ2) is 13.4. The molecule has 0 spiro atoms. The van der Waals surface area contributed by atoms with Gasteiger partial charge in [-0.3, -0.25) is 4.79 Å². The summed E-state index contributed by atoms with van der Waals surface area (Å²) in [6.07, 6.45) is 1.46. The first-order chi connectivity index (χ1) is 19.8. The molecule has 4 aromatic carbocycles. The van der Waals surface area contributed by atoms with Gasteiger partial charge in [0.1, 0.15) is 6.61 Å². The Bertz CT molecular complexity index is 1670. The second-order valence-electron chi connectivity index (χ2n) is 8.68. The number of anilines is 2. The van der Waals surface area contributed by atoms with Crippen LogP contribution >= 0.6 is 57.7 Å². The quantitative estimate of drug-likeness (QED) is 0.124. The molecule has 11 heteroatoms. The van der Waals surface area contributed by atoms with E-state index in [0.717, 1.165) is 27.6 Å². The van der Waals surface area contributed by atoms with Crippen LogP contribution in [0.5, 0.6) is 5.75 Å². The van der Waals surface area contributed by atoms with Crippen molar-refractivity contribution in [3.05, 3.63) is 127 Å². The van der Waals surface area contributed by atoms with Crippen LogP contribution in [0.3, 0.4) is 0 Å². The summed E-state index contributed by atoms with van der Waals surface area (Å²) in [7, 11) is 0. The van der Waals surface area contributed by atoms with Gasteiger partial charge in [0.15, 0.2) is 10.9 Å². The van der Waals surface area contributed by atoms with Crippen molar-refractivity contribution in [2.75, 3.05) is 5.32 Å². The fraction of sp³-hybridized carbons (Fsp3) is 0.0333. The van der Waals surface area contributed by atoms with Gasteiger partial charge in [-0.15, -0.1) is 11.3 Å². The predicted octanol–water partition coefficient (Wildman–Crippen LogP) is 9.51. The highest BCUT2D eigenvalue weighted by molar-refractivity contribution is 7.14. The van der Waals surface area contributed by atoms with Crippen LogP contribution < -0.4 is 15.5 Å². The van der Waals surface area contributed by atoms with Gasteiger partial charge in [0, 0.05) is 32.2 Å². The number of nitrogens with one attached hydrogen (secondary N) is 2. The van der Waals surface area contributed by atoms with Crippen molar-refractivity contribution in [2.24, 2.45) is 5.10 Å². The molecule has 0 aliphatic heterocycles. The Morgan fingerprint density at radius 3 is 2.17 bits per heavy atom. The maximum absolute atomic E-state index is 12.6. The van der Waals surface area contributed by atoms with Crippen LogP contribution in [0.25, 0.3) is 11.3 Å². The lowest BCUT2D eigenvalue weighted by Gasteiger charge is -2.11. The summed E-state index contributed by atoms with van der Waals surface area (Å²) in [6, 6.07) is 25.1. The van der Waals surface area contributed by atoms with Crippen LogP contribution in [0.4, 0.5) is 10.8 Å². The zero-order valence-corrected chi connectivity index (χ0v) is 24.9. The molecule has 1 aromatic heterocycles. The molecule has 0 bridgehead atoms. The molecule has 0 aliphatic rings. The molecule has 0 aliphatic carbocycles. The van der Waals surface area contributed by atoms with E-state index < -0.39 is 0 Å². The van der Waals surface area contributed by atoms with Gasteiger partial charge in [0.2, 0.25) is 0 Å². The number of hydrogen-bond acceptors (Lipinski definition) is 6. The second-order valence-corrected chi connectivity index (χ2v) is 11.2. The van der Waals surface area contributed by atoms with E-state index in [4.69, 9.17) is 51.1 Å². The molecule has 0 saturated heterocycles. The van der Waals surface area contributed by atoms with Gasteiger partial charge in [0.25, 0.3) is 5.91 Å². The van der Waals surface area contributed by atoms with Crippen LogP contribution in [-0.2, 0) is 6.61 Å². The first-order valence-electron chi connectivity index (χ1n) is 12.1. The summed E-state index contributed by atoms with van der Waals surface area (Å²) in [4.78, 5) is 17.2. The van der Waals surface area contributed by atoms with Gasteiger partial charge >= 0.3 is 0 Å². The first-order valence-corrected chi connectivity index (χ1v) is 14.5. The molecular formula is C30H20Cl4N4O2S. The molecule has 0 unspecified atom stereocenters. The highest BCUT2D eigenvalue weighted by Gasteiger charge is 2.11. The van der Waals surface area contributed by atoms with E-state index in [1.807, 2.05) is 53.9 Å². The Kier molecular flexibility index (Phi) is 9.44. The molecule has 0 fully saturated rings. The summed E-state index contributed by atoms with van der Waals surface area (Å²) in [5, 5.41) is 11.9. The molecular weight excluding hydrogens is 622 g/mol. The zero-order chi connectivity index (χ0) is 28.8. The largest absolute Gasteiger partial charge is 0.486 e. The highest BCUT2D eigenvalue weighted by Crippen LogP contribution is 2.34. The van der Waals surface area contributed by atoms with Gasteiger partial charge in [-0.2, -0.15) is 5.10 Å². The fourth-order valence-corrected chi connectivity index (χ4v) is 5.28. The summed E-state index contributed by atoms with van der Waals surface area (Å²) in [6.45, 7) is 0.281. The average molecular weight is 642 g/mol. The molecule has 0 saturated carbocycles. The standard InChI is InChI=1S/C30H20Cl4N4O2S/c31-22-7-1-18(2-8-22)16-40-28-25(33)13-19(14-26(28)34)15-35-38-29(39)21-5-3-20(4-6-21)27-17-41-30(37-27)36-24-11-9-23(32)10-12-24/h1-15,17H,16H2,(H,36,37)(H,38,39)/b35-15-. The summed E-state index contributed by atoms with van der Waals surface area (Å²) >= 11 is 26.1. The number of benzene rings is 4. The number of hydrogen-bond donors (Lipinski definition) is 2. The number of ether oxygens (including phenoxy) is 1. The Morgan fingerprint density at radius 1 is 0.878 bits per heavy atom. The molecule has 41 heavy (non-hydrogen) atoms. The Balaban J connectivity index is 1.16. The lowest BCUT2D eigenvalue weighted by molar-refractivity contribution is 0.0955. The Hall–Kier alpha value is -3.59. The maximum atomic E-state index is 12.6. The molecule has 2 N–H and O–H groups in total. The third-order valence-corrected chi connectivity index (χ3v) is 7.56. The minimum Gasteiger partial charge on any atom is -0.486 e. The molecule has 6 nitrogen and oxygen atoms in total. The number of hydrazone groups is 1. The van der Waals surface area contributed by atoms with E-state index in [2.05, 4.69) is 20.8 Å². The number of amides is 1. The van der Waals surface area contributed by atoms with E-state index >= 15 is 0 Å². The van der Waals surface area contributed by atoms with Crippen molar-refractivity contribution in [1.29, 1.82) is 0 Å². The molecule has 0 atom stereocenters. The van der Waals surface area contributed by atoms with E-state index in [9.17, 15) is 4.79 Å². The molecule has 5 aromatic rings. The van der Waals surface area contributed by atoms with Crippen molar-refractivity contribution >= 4 is 80.7 Å². The van der Waals surface area contributed by atoms with Gasteiger partial charge in [-0.05, 0) is 71.8 Å². The third kappa shape index (κ3) is 7.79. The van der Waals surface area contributed by atoms with Crippen molar-refractivity contribution in [2.45, 2.75) is 6.61 Å². The van der Waals surface area contributed by atoms with Gasteiger partial charge in [-0.1, -0.05) is 70.7 Å². The average Bonchev–Trinajstić information content (AvgIpc) is 3.43. The number of thiazole rings is 1. The predicted molar refractivity (Wildman–Crippen MR) is 170 cm³/mol. The molecule has 1 heterocycles. The normalized spacial score (nSPS) is 11.0. The SMILES string of the molecule is O=C(N/N=C\c1cc(Cl)c(OCc2ccc(Cl)cc2)c(Cl)c1)c1ccc(-c2csc(Nc3ccc(Cl)cc3)n2)cc1. The summed E-state index contributed by atoms with van der Waals surface area (Å²) in [5.41, 5.74) is 7.06. The maximum Gasteiger partial charge on any atom is 0.271 e. The topological polar surface area (TPSA) is 75.6 Å². The summed E-state index contributed by atoms with van der Waals surface area (Å²) in [5.74, 6) is -0.00571. The van der Waals surface area contributed by atoms with Crippen molar-refractivity contribution in [1.82, 2.24) is 10.4 Å². The number of halogens is 4. The number of nitrogens with zero attached hydrogens (tertiary/aromatic N) is 2. The number of aromatic nitrogens is 1. The van der Waals surface area contributed by atoms with Crippen LogP contribution in [0.15, 0.2) is 95.4 Å². The molecule has 5 rings (SSSR count). The number of rotatable bonds is 9. The molecule has 0 radical (unpaired) electrons. The lowest BCUT2D eigenvalue weighted by atomic mass is 10.1. The van der Waals surface area contributed by atoms with Crippen LogP contribution in [-0.4, -0.2) is 17.1 Å². The smallest absolute Gasteiger partial charge is 0.271 e. The fourth-order valence-electron chi connectivity index (χ4n) is 3.67. The van der Waals surface area contributed by atoms with E-state index in [1.54, 1.807) is 36.4 Å². The van der Waals surface area contributed by atoms with E-state index in [-0.39, 0.29) is 12.5 Å². The zero-order valence-electron chi connectivity index (χ0n) is 21.1. The van der Waals surface area contributed by atoms with E-state index in [1.165, 1.54) is 17.6 Å².